The number of carboxylic acid groups (broad SMARTS) is 1. The summed E-state index contributed by atoms with van der Waals surface area (Å²) in [6.45, 7) is 4.97. The molecule has 1 aromatic heterocycles. The molecule has 0 amide bonds. The highest BCUT2D eigenvalue weighted by atomic mass is 19.3. The average Bonchev–Trinajstić information content (AvgIpc) is 2.42. The summed E-state index contributed by atoms with van der Waals surface area (Å²) < 4.78 is 29.8. The van der Waals surface area contributed by atoms with Crippen molar-refractivity contribution in [2.75, 3.05) is 0 Å². The van der Waals surface area contributed by atoms with Crippen LogP contribution in [0, 0.1) is 6.92 Å². The molecule has 3 nitrogen and oxygen atoms in total. The van der Waals surface area contributed by atoms with Gasteiger partial charge in [-0.1, -0.05) is 13.8 Å². The van der Waals surface area contributed by atoms with Crippen molar-refractivity contribution >= 4 is 5.97 Å². The van der Waals surface area contributed by atoms with Crippen molar-refractivity contribution < 1.29 is 23.1 Å². The van der Waals surface area contributed by atoms with E-state index in [9.17, 15) is 13.6 Å². The third-order valence-corrected chi connectivity index (χ3v) is 2.15. The van der Waals surface area contributed by atoms with Gasteiger partial charge in [0.1, 0.15) is 11.3 Å². The Kier molecular flexibility index (Phi) is 3.12. The summed E-state index contributed by atoms with van der Waals surface area (Å²) >= 11 is 0. The number of rotatable bonds is 3. The van der Waals surface area contributed by atoms with Crippen LogP contribution in [0.3, 0.4) is 0 Å². The molecule has 0 saturated carbocycles. The average molecular weight is 218 g/mol. The van der Waals surface area contributed by atoms with E-state index < -0.39 is 23.7 Å². The fraction of sp³-hybridized carbons (Fsp3) is 0.500. The van der Waals surface area contributed by atoms with Crippen LogP contribution >= 0.6 is 0 Å². The predicted molar refractivity (Wildman–Crippen MR) is 49.5 cm³/mol. The Morgan fingerprint density at radius 3 is 2.27 bits per heavy atom. The maximum Gasteiger partial charge on any atom is 0.339 e. The topological polar surface area (TPSA) is 50.4 Å². The van der Waals surface area contributed by atoms with Crippen LogP contribution in [0.1, 0.15) is 53.6 Å². The fourth-order valence-corrected chi connectivity index (χ4v) is 1.65. The molecule has 1 aromatic rings. The number of hydrogen-bond acceptors (Lipinski definition) is 2. The van der Waals surface area contributed by atoms with Crippen LogP contribution in [-0.2, 0) is 0 Å². The highest BCUT2D eigenvalue weighted by molar-refractivity contribution is 5.91. The number of halogens is 2. The normalized spacial score (nSPS) is 11.4. The summed E-state index contributed by atoms with van der Waals surface area (Å²) in [4.78, 5) is 10.9. The number of alkyl halides is 2. The van der Waals surface area contributed by atoms with Gasteiger partial charge in [-0.3, -0.25) is 0 Å². The van der Waals surface area contributed by atoms with Gasteiger partial charge in [0, 0.05) is 5.56 Å². The number of furan rings is 1. The van der Waals surface area contributed by atoms with Crippen molar-refractivity contribution in [3.63, 3.8) is 0 Å². The maximum atomic E-state index is 12.5. The number of carboxylic acids is 1. The first-order valence-corrected chi connectivity index (χ1v) is 4.50. The van der Waals surface area contributed by atoms with Crippen molar-refractivity contribution in [2.45, 2.75) is 33.1 Å². The summed E-state index contributed by atoms with van der Waals surface area (Å²) in [5.74, 6) is -2.03. The van der Waals surface area contributed by atoms with Crippen molar-refractivity contribution in [3.05, 3.63) is 22.6 Å². The van der Waals surface area contributed by atoms with Crippen molar-refractivity contribution in [2.24, 2.45) is 0 Å². The zero-order valence-electron chi connectivity index (χ0n) is 8.67. The Bertz CT molecular complexity index is 380. The lowest BCUT2D eigenvalue weighted by Gasteiger charge is -2.04. The third kappa shape index (κ3) is 2.00. The highest BCUT2D eigenvalue weighted by Crippen LogP contribution is 2.34. The molecule has 0 radical (unpaired) electrons. The smallest absolute Gasteiger partial charge is 0.339 e. The Hall–Kier alpha value is -1.39. The van der Waals surface area contributed by atoms with Gasteiger partial charge in [-0.2, -0.15) is 0 Å². The number of hydrogen-bond donors (Lipinski definition) is 1. The second kappa shape index (κ2) is 4.00. The molecule has 1 N–H and O–H groups in total. The molecular weight excluding hydrogens is 206 g/mol. The molecule has 0 spiro atoms. The molecule has 1 heterocycles. The van der Waals surface area contributed by atoms with E-state index in [-0.39, 0.29) is 11.7 Å². The fourth-order valence-electron chi connectivity index (χ4n) is 1.65. The monoisotopic (exact) mass is 218 g/mol. The van der Waals surface area contributed by atoms with Gasteiger partial charge in [-0.15, -0.1) is 0 Å². The Morgan fingerprint density at radius 2 is 1.93 bits per heavy atom. The molecular formula is C10H12F2O3. The summed E-state index contributed by atoms with van der Waals surface area (Å²) in [6, 6.07) is 0. The van der Waals surface area contributed by atoms with E-state index in [0.717, 1.165) is 0 Å². The number of aryl methyl sites for hydroxylation is 1. The van der Waals surface area contributed by atoms with Crippen molar-refractivity contribution in [1.29, 1.82) is 0 Å². The SMILES string of the molecule is Cc1oc(C(F)F)c(C(=O)O)c1C(C)C. The molecule has 0 aliphatic carbocycles. The van der Waals surface area contributed by atoms with Crippen molar-refractivity contribution in [1.82, 2.24) is 0 Å². The van der Waals surface area contributed by atoms with Gasteiger partial charge < -0.3 is 9.52 Å². The summed E-state index contributed by atoms with van der Waals surface area (Å²) in [5, 5.41) is 8.86. The molecule has 5 heteroatoms. The van der Waals surface area contributed by atoms with Gasteiger partial charge >= 0.3 is 5.97 Å². The van der Waals surface area contributed by atoms with Crippen LogP contribution in [0.5, 0.6) is 0 Å². The van der Waals surface area contributed by atoms with Gasteiger partial charge in [0.25, 0.3) is 6.43 Å². The molecule has 0 atom stereocenters. The van der Waals surface area contributed by atoms with Gasteiger partial charge in [-0.05, 0) is 12.8 Å². The van der Waals surface area contributed by atoms with Crippen LogP contribution in [0.15, 0.2) is 4.42 Å². The number of aromatic carboxylic acids is 1. The second-order valence-corrected chi connectivity index (χ2v) is 3.57. The minimum absolute atomic E-state index is 0.160. The molecule has 0 aliphatic rings. The van der Waals surface area contributed by atoms with E-state index >= 15 is 0 Å². The lowest BCUT2D eigenvalue weighted by molar-refractivity contribution is 0.0671. The highest BCUT2D eigenvalue weighted by Gasteiger charge is 2.29. The van der Waals surface area contributed by atoms with Gasteiger partial charge in [0.15, 0.2) is 5.76 Å². The van der Waals surface area contributed by atoms with E-state index in [4.69, 9.17) is 9.52 Å². The van der Waals surface area contributed by atoms with E-state index in [0.29, 0.717) is 5.56 Å². The zero-order valence-corrected chi connectivity index (χ0v) is 8.67. The molecule has 0 aliphatic heterocycles. The summed E-state index contributed by atoms with van der Waals surface area (Å²) in [5.41, 5.74) is -0.0460. The quantitative estimate of drug-likeness (QED) is 0.846. The lowest BCUT2D eigenvalue weighted by atomic mass is 9.98. The van der Waals surface area contributed by atoms with Gasteiger partial charge in [0.05, 0.1) is 0 Å². The molecule has 0 saturated heterocycles. The molecule has 84 valence electrons. The second-order valence-electron chi connectivity index (χ2n) is 3.57. The first kappa shape index (κ1) is 11.7. The van der Waals surface area contributed by atoms with E-state index in [1.54, 1.807) is 13.8 Å². The first-order valence-electron chi connectivity index (χ1n) is 4.50. The zero-order chi connectivity index (χ0) is 11.7. The number of carbonyl (C=O) groups is 1. The standard InChI is InChI=1S/C10H12F2O3/c1-4(2)6-5(3)15-8(9(11)12)7(6)10(13)14/h4,9H,1-3H3,(H,13,14). The van der Waals surface area contributed by atoms with E-state index in [1.807, 2.05) is 0 Å². The molecule has 0 unspecified atom stereocenters. The van der Waals surface area contributed by atoms with Crippen LogP contribution in [0.2, 0.25) is 0 Å². The van der Waals surface area contributed by atoms with Crippen LogP contribution in [0.4, 0.5) is 8.78 Å². The van der Waals surface area contributed by atoms with Crippen LogP contribution in [0.25, 0.3) is 0 Å². The third-order valence-electron chi connectivity index (χ3n) is 2.15. The van der Waals surface area contributed by atoms with Gasteiger partial charge in [0.2, 0.25) is 0 Å². The Labute approximate surface area is 85.7 Å². The first-order chi connectivity index (χ1) is 6.86. The van der Waals surface area contributed by atoms with Gasteiger partial charge in [-0.25, -0.2) is 13.6 Å². The molecule has 15 heavy (non-hydrogen) atoms. The Morgan fingerprint density at radius 1 is 1.40 bits per heavy atom. The minimum atomic E-state index is -2.90. The van der Waals surface area contributed by atoms with Crippen LogP contribution in [-0.4, -0.2) is 11.1 Å². The summed E-state index contributed by atoms with van der Waals surface area (Å²) in [7, 11) is 0. The molecule has 0 fully saturated rings. The molecule has 1 rings (SSSR count). The minimum Gasteiger partial charge on any atom is -0.478 e. The molecule has 0 bridgehead atoms. The molecule has 0 aromatic carbocycles. The maximum absolute atomic E-state index is 12.5. The van der Waals surface area contributed by atoms with E-state index in [2.05, 4.69) is 0 Å². The predicted octanol–water partition coefficient (Wildman–Crippen LogP) is 3.35. The Balaban J connectivity index is 3.44. The largest absolute Gasteiger partial charge is 0.478 e. The summed E-state index contributed by atoms with van der Waals surface area (Å²) in [6.07, 6.45) is -2.90. The van der Waals surface area contributed by atoms with Crippen LogP contribution < -0.4 is 0 Å². The van der Waals surface area contributed by atoms with E-state index in [1.165, 1.54) is 6.92 Å². The van der Waals surface area contributed by atoms with Crippen molar-refractivity contribution in [3.8, 4) is 0 Å². The lowest BCUT2D eigenvalue weighted by Crippen LogP contribution is -2.05.